The van der Waals surface area contributed by atoms with Gasteiger partial charge in [0, 0.05) is 0 Å². The zero-order chi connectivity index (χ0) is 20.0. The lowest BCUT2D eigenvalue weighted by molar-refractivity contribution is -0.142. The first-order chi connectivity index (χ1) is 11.9. The molecule has 0 saturated carbocycles. The van der Waals surface area contributed by atoms with Crippen LogP contribution in [0.3, 0.4) is 0 Å². The van der Waals surface area contributed by atoms with Crippen molar-refractivity contribution in [2.24, 2.45) is 0 Å². The molecule has 1 aromatic carbocycles. The van der Waals surface area contributed by atoms with Crippen LogP contribution in [0.4, 0.5) is 26.3 Å². The van der Waals surface area contributed by atoms with Crippen LogP contribution in [0, 0.1) is 0 Å². The molecular weight excluding hydrogens is 385 g/mol. The van der Waals surface area contributed by atoms with Gasteiger partial charge in [-0.15, -0.1) is 0 Å². The van der Waals surface area contributed by atoms with Gasteiger partial charge < -0.3 is 9.05 Å². The third kappa shape index (κ3) is 6.59. The highest BCUT2D eigenvalue weighted by Gasteiger charge is 2.40. The Morgan fingerprint density at radius 1 is 0.808 bits per heavy atom. The van der Waals surface area contributed by atoms with E-state index in [1.165, 1.54) is 0 Å². The summed E-state index contributed by atoms with van der Waals surface area (Å²) in [5, 5.41) is -0.744. The van der Waals surface area contributed by atoms with Crippen molar-refractivity contribution in [3.8, 4) is 0 Å². The standard InChI is InChI=1S/C16H21F6O3P/c1-3-5-7-24-26(23,25-8-6-4-2)14-10-12(15(17,18)19)9-13(11-14)16(20,21)22/h9-11H,3-8H2,1-2H3. The topological polar surface area (TPSA) is 35.5 Å². The summed E-state index contributed by atoms with van der Waals surface area (Å²) in [5.41, 5.74) is -3.11. The van der Waals surface area contributed by atoms with E-state index < -0.39 is 36.4 Å². The Hall–Kier alpha value is -1.05. The van der Waals surface area contributed by atoms with Crippen LogP contribution in [0.5, 0.6) is 0 Å². The zero-order valence-electron chi connectivity index (χ0n) is 14.4. The van der Waals surface area contributed by atoms with Crippen LogP contribution in [0.25, 0.3) is 0 Å². The van der Waals surface area contributed by atoms with Gasteiger partial charge in [-0.25, -0.2) is 0 Å². The largest absolute Gasteiger partial charge is 0.416 e. The van der Waals surface area contributed by atoms with Crippen molar-refractivity contribution in [1.82, 2.24) is 0 Å². The molecule has 0 saturated heterocycles. The van der Waals surface area contributed by atoms with Gasteiger partial charge in [-0.2, -0.15) is 26.3 Å². The van der Waals surface area contributed by atoms with Gasteiger partial charge in [0.1, 0.15) is 0 Å². The molecule has 0 spiro atoms. The lowest BCUT2D eigenvalue weighted by Gasteiger charge is -2.21. The Balaban J connectivity index is 3.39. The van der Waals surface area contributed by atoms with Crippen LogP contribution >= 0.6 is 7.60 Å². The molecule has 0 aliphatic rings. The molecule has 0 atom stereocenters. The van der Waals surface area contributed by atoms with Gasteiger partial charge in [0.15, 0.2) is 0 Å². The first-order valence-corrected chi connectivity index (χ1v) is 9.67. The molecule has 0 aliphatic carbocycles. The molecule has 0 aromatic heterocycles. The molecule has 0 N–H and O–H groups in total. The van der Waals surface area contributed by atoms with E-state index in [-0.39, 0.29) is 19.3 Å². The van der Waals surface area contributed by atoms with Gasteiger partial charge in [-0.1, -0.05) is 26.7 Å². The number of hydrogen-bond acceptors (Lipinski definition) is 3. The van der Waals surface area contributed by atoms with Gasteiger partial charge in [-0.05, 0) is 31.0 Å². The van der Waals surface area contributed by atoms with Crippen LogP contribution in [0.1, 0.15) is 50.7 Å². The normalized spacial score (nSPS) is 13.2. The average Bonchev–Trinajstić information content (AvgIpc) is 2.53. The van der Waals surface area contributed by atoms with E-state index in [2.05, 4.69) is 0 Å². The van der Waals surface area contributed by atoms with Crippen molar-refractivity contribution < 1.29 is 40.0 Å². The second kappa shape index (κ2) is 9.24. The van der Waals surface area contributed by atoms with Crippen molar-refractivity contribution in [2.45, 2.75) is 51.9 Å². The Kier molecular flexibility index (Phi) is 8.17. The summed E-state index contributed by atoms with van der Waals surface area (Å²) in [6, 6.07) is 0.772. The maximum absolute atomic E-state index is 13.0. The lowest BCUT2D eigenvalue weighted by atomic mass is 10.1. The van der Waals surface area contributed by atoms with E-state index >= 15 is 0 Å². The third-order valence-electron chi connectivity index (χ3n) is 3.41. The highest BCUT2D eigenvalue weighted by atomic mass is 31.2. The summed E-state index contributed by atoms with van der Waals surface area (Å²) < 4.78 is 101. The Labute approximate surface area is 148 Å². The summed E-state index contributed by atoms with van der Waals surface area (Å²) in [6.45, 7) is 3.41. The highest BCUT2D eigenvalue weighted by molar-refractivity contribution is 7.62. The van der Waals surface area contributed by atoms with Crippen molar-refractivity contribution in [3.05, 3.63) is 29.3 Å². The predicted octanol–water partition coefficient (Wildman–Crippen LogP) is 6.18. The first-order valence-electron chi connectivity index (χ1n) is 8.13. The molecule has 10 heteroatoms. The monoisotopic (exact) mass is 406 g/mol. The minimum atomic E-state index is -5.03. The quantitative estimate of drug-likeness (QED) is 0.279. The summed E-state index contributed by atoms with van der Waals surface area (Å²) in [4.78, 5) is 0. The molecule has 0 fully saturated rings. The molecule has 0 aliphatic heterocycles. The molecule has 0 heterocycles. The van der Waals surface area contributed by atoms with E-state index in [0.29, 0.717) is 37.8 Å². The average molecular weight is 406 g/mol. The minimum Gasteiger partial charge on any atom is -0.305 e. The number of rotatable bonds is 9. The fraction of sp³-hybridized carbons (Fsp3) is 0.625. The van der Waals surface area contributed by atoms with E-state index in [4.69, 9.17) is 9.05 Å². The molecule has 0 radical (unpaired) electrons. The van der Waals surface area contributed by atoms with Crippen LogP contribution in [-0.4, -0.2) is 13.2 Å². The number of halogens is 6. The van der Waals surface area contributed by atoms with Gasteiger partial charge in [0.05, 0.1) is 29.6 Å². The second-order valence-electron chi connectivity index (χ2n) is 5.64. The van der Waals surface area contributed by atoms with Crippen LogP contribution in [-0.2, 0) is 26.0 Å². The van der Waals surface area contributed by atoms with Crippen molar-refractivity contribution in [3.63, 3.8) is 0 Å². The Bertz CT molecular complexity index is 581. The number of unbranched alkanes of at least 4 members (excludes halogenated alkanes) is 2. The summed E-state index contributed by atoms with van der Waals surface area (Å²) in [7, 11) is -4.32. The molecule has 26 heavy (non-hydrogen) atoms. The highest BCUT2D eigenvalue weighted by Crippen LogP contribution is 2.49. The summed E-state index contributed by atoms with van der Waals surface area (Å²) in [5.74, 6) is 0. The third-order valence-corrected chi connectivity index (χ3v) is 5.34. The molecule has 1 rings (SSSR count). The molecule has 1 aromatic rings. The summed E-state index contributed by atoms with van der Waals surface area (Å²) in [6.07, 6.45) is -7.91. The molecule has 0 unspecified atom stereocenters. The van der Waals surface area contributed by atoms with E-state index in [0.717, 1.165) is 0 Å². The van der Waals surface area contributed by atoms with Crippen molar-refractivity contribution >= 4 is 12.9 Å². The number of alkyl halides is 6. The van der Waals surface area contributed by atoms with Crippen LogP contribution in [0.2, 0.25) is 0 Å². The van der Waals surface area contributed by atoms with Crippen molar-refractivity contribution in [1.29, 1.82) is 0 Å². The van der Waals surface area contributed by atoms with Gasteiger partial charge in [0.25, 0.3) is 0 Å². The first kappa shape index (κ1) is 23.0. The fourth-order valence-electron chi connectivity index (χ4n) is 1.94. The maximum Gasteiger partial charge on any atom is 0.416 e. The molecule has 3 nitrogen and oxygen atoms in total. The van der Waals surface area contributed by atoms with Gasteiger partial charge in [-0.3, -0.25) is 4.57 Å². The number of hydrogen-bond donors (Lipinski definition) is 0. The minimum absolute atomic E-state index is 0.0219. The van der Waals surface area contributed by atoms with E-state index in [9.17, 15) is 30.9 Å². The van der Waals surface area contributed by atoms with Crippen LogP contribution < -0.4 is 5.30 Å². The molecular formula is C16H21F6O3P. The van der Waals surface area contributed by atoms with Gasteiger partial charge in [0.2, 0.25) is 0 Å². The maximum atomic E-state index is 13.0. The van der Waals surface area contributed by atoms with E-state index in [1.54, 1.807) is 13.8 Å². The predicted molar refractivity (Wildman–Crippen MR) is 85.4 cm³/mol. The lowest BCUT2D eigenvalue weighted by Crippen LogP contribution is -2.19. The van der Waals surface area contributed by atoms with Crippen molar-refractivity contribution in [2.75, 3.05) is 13.2 Å². The van der Waals surface area contributed by atoms with Crippen LogP contribution in [0.15, 0.2) is 18.2 Å². The number of benzene rings is 1. The summed E-state index contributed by atoms with van der Waals surface area (Å²) >= 11 is 0. The zero-order valence-corrected chi connectivity index (χ0v) is 15.3. The van der Waals surface area contributed by atoms with Gasteiger partial charge >= 0.3 is 19.9 Å². The SMILES string of the molecule is CCCCOP(=O)(OCCCC)c1cc(C(F)(F)F)cc(C(F)(F)F)c1. The second-order valence-corrected chi connectivity index (χ2v) is 7.66. The molecule has 150 valence electrons. The Morgan fingerprint density at radius 3 is 1.50 bits per heavy atom. The molecule has 0 bridgehead atoms. The molecule has 0 amide bonds. The van der Waals surface area contributed by atoms with E-state index in [1.807, 2.05) is 0 Å². The Morgan fingerprint density at radius 2 is 1.19 bits per heavy atom. The fourth-order valence-corrected chi connectivity index (χ4v) is 3.65. The smallest absolute Gasteiger partial charge is 0.305 e.